The van der Waals surface area contributed by atoms with Crippen molar-refractivity contribution in [1.82, 2.24) is 9.55 Å². The van der Waals surface area contributed by atoms with Gasteiger partial charge in [0.2, 0.25) is 0 Å². The highest BCUT2D eigenvalue weighted by Crippen LogP contribution is 2.40. The van der Waals surface area contributed by atoms with Crippen molar-refractivity contribution in [3.8, 4) is 0 Å². The van der Waals surface area contributed by atoms with E-state index in [1.165, 1.54) is 55.4 Å². The van der Waals surface area contributed by atoms with Crippen LogP contribution in [0.15, 0.2) is 24.3 Å². The van der Waals surface area contributed by atoms with E-state index in [1.807, 2.05) is 0 Å². The molecule has 1 aromatic carbocycles. The second kappa shape index (κ2) is 5.13. The number of benzene rings is 1. The van der Waals surface area contributed by atoms with E-state index < -0.39 is 0 Å². The van der Waals surface area contributed by atoms with Crippen molar-refractivity contribution >= 4 is 11.0 Å². The van der Waals surface area contributed by atoms with E-state index in [9.17, 15) is 0 Å². The third-order valence-corrected chi connectivity index (χ3v) is 3.86. The second-order valence-electron chi connectivity index (χ2n) is 5.45. The smallest absolute Gasteiger partial charge is 0.112 e. The van der Waals surface area contributed by atoms with Gasteiger partial charge in [0.1, 0.15) is 5.82 Å². The Morgan fingerprint density at radius 3 is 2.78 bits per heavy atom. The first-order chi connectivity index (χ1) is 8.90. The van der Waals surface area contributed by atoms with Gasteiger partial charge in [-0.2, -0.15) is 0 Å². The molecule has 1 aliphatic rings. The lowest BCUT2D eigenvalue weighted by Crippen LogP contribution is -2.03. The third-order valence-electron chi connectivity index (χ3n) is 3.86. The van der Waals surface area contributed by atoms with Crippen LogP contribution in [0.3, 0.4) is 0 Å². The highest BCUT2D eigenvalue weighted by atomic mass is 15.1. The quantitative estimate of drug-likeness (QED) is 0.682. The Morgan fingerprint density at radius 1 is 1.17 bits per heavy atom. The van der Waals surface area contributed by atoms with Crippen LogP contribution in [0.4, 0.5) is 0 Å². The molecule has 1 heterocycles. The molecule has 1 saturated carbocycles. The molecule has 0 N–H and O–H groups in total. The summed E-state index contributed by atoms with van der Waals surface area (Å²) in [5.41, 5.74) is 2.51. The van der Waals surface area contributed by atoms with Crippen molar-refractivity contribution in [2.45, 2.75) is 57.9 Å². The molecule has 1 aromatic heterocycles. The zero-order valence-electron chi connectivity index (χ0n) is 11.2. The van der Waals surface area contributed by atoms with Crippen LogP contribution in [-0.4, -0.2) is 9.55 Å². The molecule has 2 aromatic rings. The van der Waals surface area contributed by atoms with Gasteiger partial charge < -0.3 is 4.57 Å². The molecule has 2 heteroatoms. The minimum Gasteiger partial charge on any atom is -0.328 e. The van der Waals surface area contributed by atoms with Crippen LogP contribution < -0.4 is 0 Å². The SMILES string of the molecule is CCCCCCn1c(C2CC2)nc2ccccc21. The number of hydrogen-bond donors (Lipinski definition) is 0. The molecule has 96 valence electrons. The van der Waals surface area contributed by atoms with Gasteiger partial charge in [0.05, 0.1) is 11.0 Å². The summed E-state index contributed by atoms with van der Waals surface area (Å²) in [4.78, 5) is 4.84. The Balaban J connectivity index is 1.84. The first kappa shape index (κ1) is 11.8. The summed E-state index contributed by atoms with van der Waals surface area (Å²) >= 11 is 0. The summed E-state index contributed by atoms with van der Waals surface area (Å²) in [5.74, 6) is 2.08. The number of fused-ring (bicyclic) bond motifs is 1. The zero-order valence-corrected chi connectivity index (χ0v) is 11.2. The maximum absolute atomic E-state index is 4.84. The highest BCUT2D eigenvalue weighted by Gasteiger charge is 2.29. The number of aromatic nitrogens is 2. The number of rotatable bonds is 6. The molecular formula is C16H22N2. The van der Waals surface area contributed by atoms with Gasteiger partial charge in [0.15, 0.2) is 0 Å². The topological polar surface area (TPSA) is 17.8 Å². The van der Waals surface area contributed by atoms with Crippen molar-refractivity contribution in [2.75, 3.05) is 0 Å². The Hall–Kier alpha value is -1.31. The number of imidazole rings is 1. The molecule has 3 rings (SSSR count). The number of hydrogen-bond acceptors (Lipinski definition) is 1. The Bertz CT molecular complexity index is 523. The summed E-state index contributed by atoms with van der Waals surface area (Å²) in [6.45, 7) is 3.41. The molecule has 0 amide bonds. The molecule has 18 heavy (non-hydrogen) atoms. The molecule has 0 saturated heterocycles. The Morgan fingerprint density at radius 2 is 2.00 bits per heavy atom. The molecule has 2 nitrogen and oxygen atoms in total. The van der Waals surface area contributed by atoms with Crippen molar-refractivity contribution in [2.24, 2.45) is 0 Å². The highest BCUT2D eigenvalue weighted by molar-refractivity contribution is 5.76. The van der Waals surface area contributed by atoms with Crippen LogP contribution in [0.2, 0.25) is 0 Å². The fraction of sp³-hybridized carbons (Fsp3) is 0.562. The number of nitrogens with zero attached hydrogens (tertiary/aromatic N) is 2. The zero-order chi connectivity index (χ0) is 12.4. The van der Waals surface area contributed by atoms with Crippen LogP contribution in [0.5, 0.6) is 0 Å². The van der Waals surface area contributed by atoms with E-state index in [0.717, 1.165) is 12.5 Å². The van der Waals surface area contributed by atoms with Gasteiger partial charge in [-0.25, -0.2) is 4.98 Å². The molecule has 1 aliphatic carbocycles. The molecule has 0 aliphatic heterocycles. The van der Waals surface area contributed by atoms with Gasteiger partial charge in [0, 0.05) is 12.5 Å². The van der Waals surface area contributed by atoms with Gasteiger partial charge in [-0.3, -0.25) is 0 Å². The molecule has 0 radical (unpaired) electrons. The predicted octanol–water partition coefficient (Wildman–Crippen LogP) is 4.49. The van der Waals surface area contributed by atoms with Crippen LogP contribution in [0, 0.1) is 0 Å². The van der Waals surface area contributed by atoms with Gasteiger partial charge >= 0.3 is 0 Å². The molecule has 0 unspecified atom stereocenters. The predicted molar refractivity (Wildman–Crippen MR) is 75.9 cm³/mol. The van der Waals surface area contributed by atoms with E-state index in [0.29, 0.717) is 0 Å². The van der Waals surface area contributed by atoms with Gasteiger partial charge in [-0.15, -0.1) is 0 Å². The van der Waals surface area contributed by atoms with Crippen LogP contribution in [0.25, 0.3) is 11.0 Å². The Kier molecular flexibility index (Phi) is 3.35. The average Bonchev–Trinajstić information content (AvgIpc) is 3.17. The molecular weight excluding hydrogens is 220 g/mol. The van der Waals surface area contributed by atoms with E-state index >= 15 is 0 Å². The van der Waals surface area contributed by atoms with Crippen molar-refractivity contribution in [3.05, 3.63) is 30.1 Å². The van der Waals surface area contributed by atoms with Crippen molar-refractivity contribution in [3.63, 3.8) is 0 Å². The van der Waals surface area contributed by atoms with Crippen LogP contribution in [0.1, 0.15) is 57.2 Å². The summed E-state index contributed by atoms with van der Waals surface area (Å²) in [6, 6.07) is 8.58. The molecule has 0 spiro atoms. The number of para-hydroxylation sites is 2. The maximum Gasteiger partial charge on any atom is 0.112 e. The Labute approximate surface area is 109 Å². The number of aryl methyl sites for hydroxylation is 1. The van der Waals surface area contributed by atoms with Crippen LogP contribution in [-0.2, 0) is 6.54 Å². The average molecular weight is 242 g/mol. The standard InChI is InChI=1S/C16H22N2/c1-2-3-4-7-12-18-15-9-6-5-8-14(15)17-16(18)13-10-11-13/h5-6,8-9,13H,2-4,7,10-12H2,1H3. The lowest BCUT2D eigenvalue weighted by molar-refractivity contribution is 0.575. The summed E-state index contributed by atoms with van der Waals surface area (Å²) in [7, 11) is 0. The first-order valence-electron chi connectivity index (χ1n) is 7.35. The fourth-order valence-electron chi connectivity index (χ4n) is 2.68. The van der Waals surface area contributed by atoms with E-state index in [4.69, 9.17) is 4.98 Å². The largest absolute Gasteiger partial charge is 0.328 e. The minimum absolute atomic E-state index is 0.739. The van der Waals surface area contributed by atoms with E-state index in [-0.39, 0.29) is 0 Å². The van der Waals surface area contributed by atoms with Crippen molar-refractivity contribution < 1.29 is 0 Å². The summed E-state index contributed by atoms with van der Waals surface area (Å²) in [5, 5.41) is 0. The molecule has 1 fully saturated rings. The van der Waals surface area contributed by atoms with Gasteiger partial charge in [-0.05, 0) is 31.4 Å². The third kappa shape index (κ3) is 2.29. The van der Waals surface area contributed by atoms with Crippen LogP contribution >= 0.6 is 0 Å². The molecule has 0 atom stereocenters. The summed E-state index contributed by atoms with van der Waals surface area (Å²) < 4.78 is 2.47. The van der Waals surface area contributed by atoms with Crippen molar-refractivity contribution in [1.29, 1.82) is 0 Å². The fourth-order valence-corrected chi connectivity index (χ4v) is 2.68. The lowest BCUT2D eigenvalue weighted by Gasteiger charge is -2.08. The van der Waals surface area contributed by atoms with Gasteiger partial charge in [0.25, 0.3) is 0 Å². The normalized spacial score (nSPS) is 15.4. The van der Waals surface area contributed by atoms with E-state index in [2.05, 4.69) is 35.8 Å². The number of unbranched alkanes of at least 4 members (excludes halogenated alkanes) is 3. The molecule has 0 bridgehead atoms. The minimum atomic E-state index is 0.739. The maximum atomic E-state index is 4.84. The van der Waals surface area contributed by atoms with E-state index in [1.54, 1.807) is 0 Å². The van der Waals surface area contributed by atoms with Gasteiger partial charge in [-0.1, -0.05) is 38.3 Å². The first-order valence-corrected chi connectivity index (χ1v) is 7.35. The monoisotopic (exact) mass is 242 g/mol. The second-order valence-corrected chi connectivity index (χ2v) is 5.45. The lowest BCUT2D eigenvalue weighted by atomic mass is 10.2. The summed E-state index contributed by atoms with van der Waals surface area (Å²) in [6.07, 6.45) is 7.95.